The van der Waals surface area contributed by atoms with Gasteiger partial charge in [-0.2, -0.15) is 0 Å². The zero-order chi connectivity index (χ0) is 12.0. The summed E-state index contributed by atoms with van der Waals surface area (Å²) in [5, 5.41) is 14.5. The third kappa shape index (κ3) is 4.14. The summed E-state index contributed by atoms with van der Waals surface area (Å²) in [7, 11) is 1.68. The highest BCUT2D eigenvalue weighted by atomic mass is 79.9. The lowest BCUT2D eigenvalue weighted by atomic mass is 10.2. The average Bonchev–Trinajstić information content (AvgIpc) is 2.65. The smallest absolute Gasteiger partial charge is 0.0616 e. The van der Waals surface area contributed by atoms with Crippen LogP contribution in [-0.4, -0.2) is 31.5 Å². The fourth-order valence-corrected chi connectivity index (χ4v) is 3.35. The Kier molecular flexibility index (Phi) is 6.53. The summed E-state index contributed by atoms with van der Waals surface area (Å²) in [5.41, 5.74) is 0. The zero-order valence-electron chi connectivity index (χ0n) is 9.57. The molecule has 1 aromatic heterocycles. The van der Waals surface area contributed by atoms with Crippen LogP contribution in [0.3, 0.4) is 0 Å². The first-order chi connectivity index (χ1) is 7.69. The fraction of sp³-hybridized carbons (Fsp3) is 0.636. The van der Waals surface area contributed by atoms with Gasteiger partial charge in [-0.05, 0) is 40.7 Å². The normalized spacial score (nSPS) is 15.0. The number of nitrogens with one attached hydrogen (secondary N) is 1. The van der Waals surface area contributed by atoms with Gasteiger partial charge in [0, 0.05) is 35.2 Å². The minimum absolute atomic E-state index is 0.180. The molecular formula is C11H18BrNO2S. The van der Waals surface area contributed by atoms with Gasteiger partial charge in [-0.3, -0.25) is 0 Å². The van der Waals surface area contributed by atoms with Gasteiger partial charge in [0.25, 0.3) is 0 Å². The maximum absolute atomic E-state index is 8.96. The van der Waals surface area contributed by atoms with Gasteiger partial charge in [0.2, 0.25) is 0 Å². The summed E-state index contributed by atoms with van der Waals surface area (Å²) in [6.45, 7) is 2.92. The van der Waals surface area contributed by atoms with Gasteiger partial charge in [-0.15, -0.1) is 11.3 Å². The molecule has 0 radical (unpaired) electrons. The van der Waals surface area contributed by atoms with E-state index in [0.717, 1.165) is 4.47 Å². The summed E-state index contributed by atoms with van der Waals surface area (Å²) in [6.07, 6.45) is 0.709. The highest BCUT2D eigenvalue weighted by Crippen LogP contribution is 2.29. The molecule has 0 spiro atoms. The third-order valence-corrected chi connectivity index (χ3v) is 4.42. The molecule has 2 N–H and O–H groups in total. The molecule has 0 aliphatic carbocycles. The molecule has 3 nitrogen and oxygen atoms in total. The summed E-state index contributed by atoms with van der Waals surface area (Å²) in [6, 6.07) is 2.51. The second kappa shape index (κ2) is 7.40. The molecule has 1 rings (SSSR count). The van der Waals surface area contributed by atoms with Crippen LogP contribution in [0.4, 0.5) is 0 Å². The lowest BCUT2D eigenvalue weighted by Crippen LogP contribution is -2.35. The number of halogens is 1. The summed E-state index contributed by atoms with van der Waals surface area (Å²) >= 11 is 5.25. The van der Waals surface area contributed by atoms with Gasteiger partial charge in [0.1, 0.15) is 0 Å². The van der Waals surface area contributed by atoms with Crippen molar-refractivity contribution in [2.75, 3.05) is 20.3 Å². The van der Waals surface area contributed by atoms with Gasteiger partial charge >= 0.3 is 0 Å². The van der Waals surface area contributed by atoms with Gasteiger partial charge < -0.3 is 15.2 Å². The Bertz CT molecular complexity index is 300. The molecule has 0 aliphatic rings. The maximum atomic E-state index is 8.96. The van der Waals surface area contributed by atoms with E-state index in [1.54, 1.807) is 18.4 Å². The van der Waals surface area contributed by atoms with Crippen LogP contribution in [0.2, 0.25) is 0 Å². The van der Waals surface area contributed by atoms with E-state index in [2.05, 4.69) is 39.6 Å². The van der Waals surface area contributed by atoms with Crippen molar-refractivity contribution in [1.82, 2.24) is 5.32 Å². The number of thiophene rings is 1. The van der Waals surface area contributed by atoms with E-state index in [4.69, 9.17) is 9.84 Å². The number of rotatable bonds is 7. The number of aliphatic hydroxyl groups excluding tert-OH is 1. The van der Waals surface area contributed by atoms with Crippen molar-refractivity contribution < 1.29 is 9.84 Å². The van der Waals surface area contributed by atoms with Crippen LogP contribution in [0.15, 0.2) is 15.9 Å². The van der Waals surface area contributed by atoms with Crippen molar-refractivity contribution >= 4 is 27.3 Å². The largest absolute Gasteiger partial charge is 0.396 e. The van der Waals surface area contributed by atoms with Gasteiger partial charge in [-0.25, -0.2) is 0 Å². The number of hydrogen-bond acceptors (Lipinski definition) is 4. The molecule has 0 aliphatic heterocycles. The van der Waals surface area contributed by atoms with Crippen LogP contribution in [-0.2, 0) is 4.74 Å². The minimum atomic E-state index is 0.180. The summed E-state index contributed by atoms with van der Waals surface area (Å²) in [4.78, 5) is 1.28. The van der Waals surface area contributed by atoms with Gasteiger partial charge in [-0.1, -0.05) is 0 Å². The highest BCUT2D eigenvalue weighted by molar-refractivity contribution is 9.10. The number of ether oxygens (including phenoxy) is 1. The third-order valence-electron chi connectivity index (χ3n) is 2.37. The first kappa shape index (κ1) is 14.1. The lowest BCUT2D eigenvalue weighted by molar-refractivity contribution is 0.144. The Labute approximate surface area is 109 Å². The van der Waals surface area contributed by atoms with Crippen LogP contribution in [0.25, 0.3) is 0 Å². The van der Waals surface area contributed by atoms with Gasteiger partial charge in [0.15, 0.2) is 0 Å². The van der Waals surface area contributed by atoms with Crippen LogP contribution >= 0.6 is 27.3 Å². The van der Waals surface area contributed by atoms with E-state index >= 15 is 0 Å². The summed E-state index contributed by atoms with van der Waals surface area (Å²) < 4.78 is 6.26. The monoisotopic (exact) mass is 307 g/mol. The Morgan fingerprint density at radius 1 is 1.62 bits per heavy atom. The highest BCUT2D eigenvalue weighted by Gasteiger charge is 2.15. The zero-order valence-corrected chi connectivity index (χ0v) is 12.0. The van der Waals surface area contributed by atoms with E-state index in [0.29, 0.717) is 13.0 Å². The van der Waals surface area contributed by atoms with E-state index in [1.807, 2.05) is 0 Å². The van der Waals surface area contributed by atoms with E-state index in [-0.39, 0.29) is 18.7 Å². The molecule has 16 heavy (non-hydrogen) atoms. The Morgan fingerprint density at radius 3 is 2.88 bits per heavy atom. The lowest BCUT2D eigenvalue weighted by Gasteiger charge is -2.21. The van der Waals surface area contributed by atoms with Crippen molar-refractivity contribution in [2.45, 2.75) is 25.4 Å². The first-order valence-corrected chi connectivity index (χ1v) is 6.95. The van der Waals surface area contributed by atoms with Crippen molar-refractivity contribution in [3.05, 3.63) is 20.8 Å². The van der Waals surface area contributed by atoms with Crippen molar-refractivity contribution in [3.63, 3.8) is 0 Å². The predicted octanol–water partition coefficient (Wildman–Crippen LogP) is 2.56. The fourth-order valence-electron chi connectivity index (χ4n) is 1.62. The van der Waals surface area contributed by atoms with Crippen LogP contribution in [0.5, 0.6) is 0 Å². The molecule has 2 unspecified atom stereocenters. The maximum Gasteiger partial charge on any atom is 0.0616 e. The Hall–Kier alpha value is 0.0600. The number of aliphatic hydroxyl groups is 1. The second-order valence-electron chi connectivity index (χ2n) is 3.69. The molecule has 1 aromatic rings. The van der Waals surface area contributed by atoms with Crippen molar-refractivity contribution in [2.24, 2.45) is 0 Å². The molecule has 0 aromatic carbocycles. The van der Waals surface area contributed by atoms with Crippen LogP contribution in [0.1, 0.15) is 24.3 Å². The topological polar surface area (TPSA) is 41.5 Å². The molecule has 0 fully saturated rings. The molecule has 0 bridgehead atoms. The predicted molar refractivity (Wildman–Crippen MR) is 70.9 cm³/mol. The first-order valence-electron chi connectivity index (χ1n) is 5.27. The molecule has 2 atom stereocenters. The standard InChI is InChI=1S/C11H18BrNO2S/c1-8(11-10(12)4-6-16-11)13-9(3-5-14)7-15-2/h4,6,8-9,13-14H,3,5,7H2,1-2H3. The molecular weight excluding hydrogens is 290 g/mol. The van der Waals surface area contributed by atoms with Gasteiger partial charge in [0.05, 0.1) is 6.61 Å². The van der Waals surface area contributed by atoms with Crippen LogP contribution < -0.4 is 5.32 Å². The average molecular weight is 308 g/mol. The van der Waals surface area contributed by atoms with Crippen molar-refractivity contribution in [1.29, 1.82) is 0 Å². The van der Waals surface area contributed by atoms with E-state index in [9.17, 15) is 0 Å². The van der Waals surface area contributed by atoms with E-state index < -0.39 is 0 Å². The second-order valence-corrected chi connectivity index (χ2v) is 5.49. The number of methoxy groups -OCH3 is 1. The molecule has 0 saturated carbocycles. The molecule has 0 saturated heterocycles. The van der Waals surface area contributed by atoms with Crippen molar-refractivity contribution in [3.8, 4) is 0 Å². The quantitative estimate of drug-likeness (QED) is 0.813. The Morgan fingerprint density at radius 2 is 2.38 bits per heavy atom. The number of hydrogen-bond donors (Lipinski definition) is 2. The molecule has 92 valence electrons. The minimum Gasteiger partial charge on any atom is -0.396 e. The SMILES string of the molecule is COCC(CCO)NC(C)c1sccc1Br. The van der Waals surface area contributed by atoms with Crippen LogP contribution in [0, 0.1) is 0 Å². The Balaban J connectivity index is 2.54. The molecule has 1 heterocycles. The molecule has 0 amide bonds. The molecule has 5 heteroatoms. The van der Waals surface area contributed by atoms with E-state index in [1.165, 1.54) is 4.88 Å². The summed E-state index contributed by atoms with van der Waals surface area (Å²) in [5.74, 6) is 0.